The lowest BCUT2D eigenvalue weighted by Crippen LogP contribution is -2.55. The van der Waals surface area contributed by atoms with Gasteiger partial charge in [-0.2, -0.15) is 16.8 Å². The molecule has 10 heteroatoms. The van der Waals surface area contributed by atoms with Gasteiger partial charge in [-0.25, -0.2) is 8.37 Å². The second-order valence-corrected chi connectivity index (χ2v) is 15.4. The Morgan fingerprint density at radius 3 is 2.22 bits per heavy atom. The van der Waals surface area contributed by atoms with E-state index in [1.54, 1.807) is 0 Å². The second-order valence-electron chi connectivity index (χ2n) is 13.3. The maximum absolute atomic E-state index is 12.0. The third-order valence-electron chi connectivity index (χ3n) is 10.8. The van der Waals surface area contributed by atoms with Crippen molar-refractivity contribution in [3.8, 4) is 0 Å². The third-order valence-corrected chi connectivity index (χ3v) is 11.7. The fraction of sp³-hybridized carbons (Fsp3) is 0.926. The molecule has 0 aromatic heterocycles. The van der Waals surface area contributed by atoms with Gasteiger partial charge in [0.2, 0.25) is 0 Å². The van der Waals surface area contributed by atoms with Gasteiger partial charge in [-0.15, -0.1) is 0 Å². The van der Waals surface area contributed by atoms with Gasteiger partial charge in [0.1, 0.15) is 6.10 Å². The van der Waals surface area contributed by atoms with Crippen LogP contribution in [-0.4, -0.2) is 38.1 Å². The predicted molar refractivity (Wildman–Crippen MR) is 141 cm³/mol. The summed E-state index contributed by atoms with van der Waals surface area (Å²) in [6.07, 6.45) is 9.63. The Morgan fingerprint density at radius 1 is 0.919 bits per heavy atom. The van der Waals surface area contributed by atoms with E-state index >= 15 is 0 Å². The first-order chi connectivity index (χ1) is 17.0. The molecule has 8 nitrogen and oxygen atoms in total. The van der Waals surface area contributed by atoms with E-state index in [1.165, 1.54) is 19.3 Å². The number of fused-ring (bicyclic) bond motifs is 5. The average molecular weight is 563 g/mol. The molecule has 214 valence electrons. The Bertz CT molecular complexity index is 1080. The first kappa shape index (κ1) is 29.5. The van der Waals surface area contributed by atoms with E-state index in [-0.39, 0.29) is 35.0 Å². The lowest BCUT2D eigenvalue weighted by Gasteiger charge is -2.59. The molecule has 4 aliphatic rings. The minimum atomic E-state index is -4.68. The van der Waals surface area contributed by atoms with Crippen molar-refractivity contribution in [1.82, 2.24) is 0 Å². The van der Waals surface area contributed by atoms with Crippen LogP contribution in [-0.2, 0) is 29.2 Å². The summed E-state index contributed by atoms with van der Waals surface area (Å²) >= 11 is 0. The molecule has 4 rings (SSSR count). The zero-order valence-electron chi connectivity index (χ0n) is 22.9. The summed E-state index contributed by atoms with van der Waals surface area (Å²) in [5.41, 5.74) is 0.764. The van der Waals surface area contributed by atoms with Crippen molar-refractivity contribution in [1.29, 1.82) is 0 Å². The van der Waals surface area contributed by atoms with Gasteiger partial charge in [0.25, 0.3) is 0 Å². The summed E-state index contributed by atoms with van der Waals surface area (Å²) in [5, 5.41) is 0. The average Bonchev–Trinajstić information content (AvgIpc) is 3.09. The van der Waals surface area contributed by atoms with Crippen molar-refractivity contribution in [2.45, 2.75) is 111 Å². The van der Waals surface area contributed by atoms with E-state index < -0.39 is 33.0 Å². The lowest BCUT2D eigenvalue weighted by atomic mass is 9.46. The summed E-state index contributed by atoms with van der Waals surface area (Å²) in [5.74, 6) is 2.30. The van der Waals surface area contributed by atoms with Gasteiger partial charge in [-0.3, -0.25) is 9.11 Å². The lowest BCUT2D eigenvalue weighted by molar-refractivity contribution is -0.0908. The van der Waals surface area contributed by atoms with Crippen molar-refractivity contribution in [3.05, 3.63) is 11.6 Å². The molecule has 2 N–H and O–H groups in total. The van der Waals surface area contributed by atoms with Crippen LogP contribution in [0.4, 0.5) is 0 Å². The molecule has 0 spiro atoms. The Hall–Kier alpha value is -0.520. The van der Waals surface area contributed by atoms with Crippen molar-refractivity contribution in [3.63, 3.8) is 0 Å². The fourth-order valence-corrected chi connectivity index (χ4v) is 10.1. The van der Waals surface area contributed by atoms with Crippen molar-refractivity contribution in [2.75, 3.05) is 0 Å². The molecule has 2 unspecified atom stereocenters. The third kappa shape index (κ3) is 6.14. The van der Waals surface area contributed by atoms with Gasteiger partial charge in [0.15, 0.2) is 0 Å². The predicted octanol–water partition coefficient (Wildman–Crippen LogP) is 6.01. The van der Waals surface area contributed by atoms with E-state index in [2.05, 4.69) is 34.6 Å². The molecule has 0 aromatic carbocycles. The first-order valence-corrected chi connectivity index (χ1v) is 16.8. The topological polar surface area (TPSA) is 127 Å². The van der Waals surface area contributed by atoms with Crippen LogP contribution in [0.15, 0.2) is 11.6 Å². The van der Waals surface area contributed by atoms with Crippen LogP contribution in [0.1, 0.15) is 98.8 Å². The maximum Gasteiger partial charge on any atom is 0.397 e. The maximum atomic E-state index is 12.0. The van der Waals surface area contributed by atoms with Crippen LogP contribution < -0.4 is 0 Å². The minimum absolute atomic E-state index is 0.0404. The smallest absolute Gasteiger partial charge is 0.264 e. The highest BCUT2D eigenvalue weighted by Crippen LogP contribution is 2.67. The molecule has 3 fully saturated rings. The van der Waals surface area contributed by atoms with Gasteiger partial charge in [0.05, 0.1) is 6.10 Å². The molecule has 0 bridgehead atoms. The normalized spacial score (nSPS) is 41.0. The van der Waals surface area contributed by atoms with Crippen molar-refractivity contribution < 1.29 is 34.3 Å². The van der Waals surface area contributed by atoms with E-state index in [4.69, 9.17) is 8.37 Å². The van der Waals surface area contributed by atoms with Gasteiger partial charge in [-0.1, -0.05) is 65.5 Å². The second kappa shape index (κ2) is 10.5. The van der Waals surface area contributed by atoms with Crippen LogP contribution in [0.2, 0.25) is 0 Å². The summed E-state index contributed by atoms with van der Waals surface area (Å²) in [6, 6.07) is 0. The molecular formula is C27H46O8S2. The zero-order chi connectivity index (χ0) is 27.4. The Morgan fingerprint density at radius 2 is 1.59 bits per heavy atom. The van der Waals surface area contributed by atoms with Gasteiger partial charge in [-0.05, 0) is 91.3 Å². The van der Waals surface area contributed by atoms with Crippen LogP contribution in [0.5, 0.6) is 0 Å². The molecule has 0 saturated heterocycles. The summed E-state index contributed by atoms with van der Waals surface area (Å²) < 4.78 is 75.7. The Balaban J connectivity index is 1.63. The number of hydrogen-bond donors (Lipinski definition) is 2. The fourth-order valence-electron chi connectivity index (χ4n) is 9.10. The zero-order valence-corrected chi connectivity index (χ0v) is 24.6. The van der Waals surface area contributed by atoms with Crippen LogP contribution >= 0.6 is 0 Å². The number of rotatable bonds is 9. The van der Waals surface area contributed by atoms with Crippen molar-refractivity contribution in [2.24, 2.45) is 46.3 Å². The van der Waals surface area contributed by atoms with Crippen LogP contribution in [0, 0.1) is 46.3 Å². The van der Waals surface area contributed by atoms with Gasteiger partial charge >= 0.3 is 20.8 Å². The number of hydrogen-bond acceptors (Lipinski definition) is 6. The van der Waals surface area contributed by atoms with E-state index in [0.29, 0.717) is 30.6 Å². The standard InChI is InChI=1S/C27H46O8S2/c1-17(2)7-6-8-18(3)21-9-10-22-25-23(12-14-27(21,22)5)26(4)13-11-20(34-36(28,29)30)15-19(26)16-24(25)35-37(31,32)33/h16-18,20-25H,6-15H2,1-5H3,(H,28,29,30)(H,31,32,33)/t18-,20?,21-,22+,23+,24?,25+,26+,27-/m1/s1. The monoisotopic (exact) mass is 562 g/mol. The highest BCUT2D eigenvalue weighted by molar-refractivity contribution is 7.81. The molecule has 0 amide bonds. The van der Waals surface area contributed by atoms with Crippen molar-refractivity contribution >= 4 is 20.8 Å². The van der Waals surface area contributed by atoms with E-state index in [1.807, 2.05) is 6.08 Å². The molecule has 0 radical (unpaired) electrons. The molecule has 37 heavy (non-hydrogen) atoms. The van der Waals surface area contributed by atoms with Gasteiger partial charge < -0.3 is 0 Å². The quantitative estimate of drug-likeness (QED) is 0.258. The minimum Gasteiger partial charge on any atom is -0.264 e. The summed E-state index contributed by atoms with van der Waals surface area (Å²) in [7, 11) is -9.27. The summed E-state index contributed by atoms with van der Waals surface area (Å²) in [6.45, 7) is 11.5. The molecular weight excluding hydrogens is 516 g/mol. The first-order valence-electron chi connectivity index (χ1n) is 14.1. The molecule has 9 atom stereocenters. The van der Waals surface area contributed by atoms with Gasteiger partial charge in [0, 0.05) is 0 Å². The molecule has 0 heterocycles. The molecule has 0 aromatic rings. The molecule has 3 saturated carbocycles. The Kier molecular flexibility index (Phi) is 8.34. The summed E-state index contributed by atoms with van der Waals surface area (Å²) in [4.78, 5) is 0. The van der Waals surface area contributed by atoms with E-state index in [9.17, 15) is 25.9 Å². The highest BCUT2D eigenvalue weighted by atomic mass is 32.3. The molecule has 0 aliphatic heterocycles. The molecule has 4 aliphatic carbocycles. The largest absolute Gasteiger partial charge is 0.397 e. The van der Waals surface area contributed by atoms with Crippen LogP contribution in [0.3, 0.4) is 0 Å². The SMILES string of the molecule is CC(C)CCC[C@@H](C)[C@H]1CC[C@H]2[C@@H]3C(OS(=O)(=O)O)C=C4CC(OS(=O)(=O)O)CC[C@]4(C)[C@H]3CC[C@]12C. The van der Waals surface area contributed by atoms with E-state index in [0.717, 1.165) is 31.3 Å². The van der Waals surface area contributed by atoms with Crippen LogP contribution in [0.25, 0.3) is 0 Å². The highest BCUT2D eigenvalue weighted by Gasteiger charge is 2.62. The Labute approximate surface area is 223 Å².